The lowest BCUT2D eigenvalue weighted by Crippen LogP contribution is -2.24. The Hall–Kier alpha value is -2.67. The number of hydrogen-bond donors (Lipinski definition) is 1. The van der Waals surface area contributed by atoms with Gasteiger partial charge >= 0.3 is 0 Å². The molecule has 1 N–H and O–H groups in total. The first-order valence-electron chi connectivity index (χ1n) is 9.50. The highest BCUT2D eigenvalue weighted by Crippen LogP contribution is 2.29. The molecule has 0 spiro atoms. The minimum atomic E-state index is -0.0694. The highest BCUT2D eigenvalue weighted by atomic mass is 35.5. The van der Waals surface area contributed by atoms with Crippen molar-refractivity contribution in [2.24, 2.45) is 0 Å². The number of rotatable bonds is 6. The van der Waals surface area contributed by atoms with Gasteiger partial charge in [-0.25, -0.2) is 4.98 Å². The number of hydrogen-bond acceptors (Lipinski definition) is 6. The first kappa shape index (κ1) is 18.7. The lowest BCUT2D eigenvalue weighted by Gasteiger charge is -2.17. The summed E-state index contributed by atoms with van der Waals surface area (Å²) in [5.41, 5.74) is 2.17. The Morgan fingerprint density at radius 2 is 2.04 bits per heavy atom. The van der Waals surface area contributed by atoms with Gasteiger partial charge in [0.15, 0.2) is 0 Å². The molecular formula is C20H22ClN5O2. The summed E-state index contributed by atoms with van der Waals surface area (Å²) in [6, 6.07) is 7.47. The van der Waals surface area contributed by atoms with Crippen molar-refractivity contribution in [3.05, 3.63) is 46.4 Å². The van der Waals surface area contributed by atoms with E-state index in [9.17, 15) is 4.79 Å². The van der Waals surface area contributed by atoms with E-state index in [2.05, 4.69) is 20.4 Å². The molecule has 1 aliphatic rings. The molecule has 28 heavy (non-hydrogen) atoms. The van der Waals surface area contributed by atoms with Crippen molar-refractivity contribution in [2.45, 2.75) is 39.2 Å². The van der Waals surface area contributed by atoms with Crippen LogP contribution in [-0.2, 0) is 17.8 Å². The van der Waals surface area contributed by atoms with Crippen molar-refractivity contribution in [3.63, 3.8) is 0 Å². The molecule has 1 fully saturated rings. The number of benzene rings is 1. The van der Waals surface area contributed by atoms with Crippen LogP contribution in [0.25, 0.3) is 11.1 Å². The molecule has 0 aliphatic carbocycles. The summed E-state index contributed by atoms with van der Waals surface area (Å²) in [7, 11) is 0. The van der Waals surface area contributed by atoms with Gasteiger partial charge in [-0.1, -0.05) is 35.0 Å². The number of anilines is 1. The van der Waals surface area contributed by atoms with Crippen LogP contribution in [0.5, 0.6) is 0 Å². The molecule has 0 atom stereocenters. The number of fused-ring (bicyclic) bond motifs is 1. The average Bonchev–Trinajstić information content (AvgIpc) is 3.36. The average molecular weight is 400 g/mol. The van der Waals surface area contributed by atoms with Crippen LogP contribution in [0, 0.1) is 6.92 Å². The summed E-state index contributed by atoms with van der Waals surface area (Å²) in [6.45, 7) is 4.23. The molecule has 0 unspecified atom stereocenters. The van der Waals surface area contributed by atoms with Crippen molar-refractivity contribution in [3.8, 4) is 0 Å². The maximum Gasteiger partial charge on any atom is 0.263 e. The van der Waals surface area contributed by atoms with Gasteiger partial charge in [-0.05, 0) is 31.4 Å². The molecule has 8 heteroatoms. The summed E-state index contributed by atoms with van der Waals surface area (Å²) in [5.74, 6) is 1.39. The summed E-state index contributed by atoms with van der Waals surface area (Å²) in [6.07, 6.45) is 3.03. The number of nitrogens with one attached hydrogen (secondary N) is 1. The lowest BCUT2D eigenvalue weighted by molar-refractivity contribution is -0.121. The molecule has 3 aromatic rings. The molecule has 7 nitrogen and oxygen atoms in total. The van der Waals surface area contributed by atoms with E-state index >= 15 is 0 Å². The normalized spacial score (nSPS) is 14.0. The van der Waals surface area contributed by atoms with Gasteiger partial charge in [0.05, 0.1) is 5.69 Å². The van der Waals surface area contributed by atoms with Gasteiger partial charge in [-0.15, -0.1) is 0 Å². The van der Waals surface area contributed by atoms with E-state index in [-0.39, 0.29) is 5.91 Å². The largest absolute Gasteiger partial charge is 0.356 e. The minimum Gasteiger partial charge on any atom is -0.356 e. The van der Waals surface area contributed by atoms with E-state index in [0.717, 1.165) is 48.4 Å². The maximum atomic E-state index is 12.3. The molecule has 1 aliphatic heterocycles. The van der Waals surface area contributed by atoms with Crippen LogP contribution in [0.4, 0.5) is 5.82 Å². The van der Waals surface area contributed by atoms with E-state index < -0.39 is 0 Å². The minimum absolute atomic E-state index is 0.0694. The zero-order valence-corrected chi connectivity index (χ0v) is 16.5. The number of aryl methyl sites for hydroxylation is 2. The molecule has 1 saturated heterocycles. The van der Waals surface area contributed by atoms with Crippen molar-refractivity contribution in [1.82, 2.24) is 20.4 Å². The second-order valence-corrected chi connectivity index (χ2v) is 7.38. The van der Waals surface area contributed by atoms with Gasteiger partial charge in [0.2, 0.25) is 5.91 Å². The number of amides is 1. The maximum absolute atomic E-state index is 12.3. The third-order valence-electron chi connectivity index (χ3n) is 4.95. The van der Waals surface area contributed by atoms with E-state index in [0.29, 0.717) is 35.9 Å². The van der Waals surface area contributed by atoms with Crippen molar-refractivity contribution < 1.29 is 9.32 Å². The van der Waals surface area contributed by atoms with Gasteiger partial charge in [0.1, 0.15) is 17.0 Å². The highest BCUT2D eigenvalue weighted by molar-refractivity contribution is 6.31. The van der Waals surface area contributed by atoms with E-state index in [4.69, 9.17) is 21.1 Å². The molecule has 0 radical (unpaired) electrons. The smallest absolute Gasteiger partial charge is 0.263 e. The van der Waals surface area contributed by atoms with Crippen LogP contribution in [0.15, 0.2) is 28.8 Å². The van der Waals surface area contributed by atoms with Gasteiger partial charge in [0, 0.05) is 37.5 Å². The molecular weight excluding hydrogens is 378 g/mol. The summed E-state index contributed by atoms with van der Waals surface area (Å²) in [5, 5.41) is 8.45. The standard InChI is InChI=1S/C20H22ClN5O2/c1-13-18-19(26-10-4-5-11-26)23-16(24-20(18)28-25-13)8-9-17(27)22-12-14-6-2-3-7-15(14)21/h2-3,6-7H,4-5,8-12H2,1H3,(H,22,27). The van der Waals surface area contributed by atoms with Crippen LogP contribution in [0.2, 0.25) is 5.02 Å². The number of nitrogens with zero attached hydrogens (tertiary/aromatic N) is 4. The molecule has 0 saturated carbocycles. The number of carbonyl (C=O) groups excluding carboxylic acids is 1. The van der Waals surface area contributed by atoms with Crippen molar-refractivity contribution in [1.29, 1.82) is 0 Å². The van der Waals surface area contributed by atoms with Crippen LogP contribution >= 0.6 is 11.6 Å². The molecule has 3 heterocycles. The molecule has 1 aromatic carbocycles. The van der Waals surface area contributed by atoms with Crippen molar-refractivity contribution in [2.75, 3.05) is 18.0 Å². The fourth-order valence-electron chi connectivity index (χ4n) is 3.43. The zero-order chi connectivity index (χ0) is 19.5. The molecule has 1 amide bonds. The molecule has 0 bridgehead atoms. The zero-order valence-electron chi connectivity index (χ0n) is 15.7. The topological polar surface area (TPSA) is 84.1 Å². The molecule has 146 valence electrons. The van der Waals surface area contributed by atoms with Gasteiger partial charge in [-0.3, -0.25) is 4.79 Å². The Morgan fingerprint density at radius 3 is 2.82 bits per heavy atom. The van der Waals surface area contributed by atoms with Crippen LogP contribution in [0.3, 0.4) is 0 Å². The number of halogens is 1. The summed E-state index contributed by atoms with van der Waals surface area (Å²) >= 11 is 6.13. The van der Waals surface area contributed by atoms with E-state index in [1.807, 2.05) is 31.2 Å². The first-order valence-corrected chi connectivity index (χ1v) is 9.87. The van der Waals surface area contributed by atoms with Crippen LogP contribution in [0.1, 0.15) is 36.3 Å². The molecule has 2 aromatic heterocycles. The Kier molecular flexibility index (Phi) is 5.43. The van der Waals surface area contributed by atoms with Crippen molar-refractivity contribution >= 4 is 34.4 Å². The Bertz CT molecular complexity index is 997. The summed E-state index contributed by atoms with van der Waals surface area (Å²) in [4.78, 5) is 23.7. The van der Waals surface area contributed by atoms with Gasteiger partial charge in [0.25, 0.3) is 5.71 Å². The number of carbonyl (C=O) groups is 1. The predicted molar refractivity (Wildman–Crippen MR) is 107 cm³/mol. The SMILES string of the molecule is Cc1noc2nc(CCC(=O)NCc3ccccc3Cl)nc(N3CCCC3)c12. The van der Waals surface area contributed by atoms with Crippen LogP contribution < -0.4 is 10.2 Å². The Balaban J connectivity index is 1.44. The molecule has 4 rings (SSSR count). The van der Waals surface area contributed by atoms with Gasteiger partial charge < -0.3 is 14.7 Å². The monoisotopic (exact) mass is 399 g/mol. The highest BCUT2D eigenvalue weighted by Gasteiger charge is 2.22. The van der Waals surface area contributed by atoms with E-state index in [1.165, 1.54) is 0 Å². The number of aromatic nitrogens is 3. The van der Waals surface area contributed by atoms with Crippen LogP contribution in [-0.4, -0.2) is 34.1 Å². The third kappa shape index (κ3) is 3.94. The Morgan fingerprint density at radius 1 is 1.25 bits per heavy atom. The lowest BCUT2D eigenvalue weighted by atomic mass is 10.2. The fraction of sp³-hybridized carbons (Fsp3) is 0.400. The first-order chi connectivity index (χ1) is 13.6. The van der Waals surface area contributed by atoms with Gasteiger partial charge in [-0.2, -0.15) is 4.98 Å². The second kappa shape index (κ2) is 8.14. The van der Waals surface area contributed by atoms with E-state index in [1.54, 1.807) is 0 Å². The Labute approximate surface area is 168 Å². The third-order valence-corrected chi connectivity index (χ3v) is 5.32. The second-order valence-electron chi connectivity index (χ2n) is 6.97. The summed E-state index contributed by atoms with van der Waals surface area (Å²) < 4.78 is 5.37. The fourth-order valence-corrected chi connectivity index (χ4v) is 3.63. The quantitative estimate of drug-likeness (QED) is 0.683. The predicted octanol–water partition coefficient (Wildman–Crippen LogP) is 3.43.